The molecule has 1 aromatic carbocycles. The first-order valence-corrected chi connectivity index (χ1v) is 6.97. The van der Waals surface area contributed by atoms with Gasteiger partial charge in [0.1, 0.15) is 11.5 Å². The number of aromatic nitrogens is 2. The minimum atomic E-state index is -0.549. The van der Waals surface area contributed by atoms with Gasteiger partial charge in [-0.2, -0.15) is 5.10 Å². The third kappa shape index (κ3) is 2.67. The van der Waals surface area contributed by atoms with Crippen LogP contribution in [0.2, 0.25) is 0 Å². The van der Waals surface area contributed by atoms with Crippen LogP contribution in [-0.2, 0) is 0 Å². The van der Waals surface area contributed by atoms with E-state index in [1.807, 2.05) is 0 Å². The number of halogens is 1. The fourth-order valence-corrected chi connectivity index (χ4v) is 2.21. The standard InChI is InChI=1S/C15H16FN3O3/c16-10-3-1-2-4-11(10)19-7-12(21)13(18-19)14(22)17-8-15(9-20)5-6-15/h1-4,7,20-21H,5-6,8-9H2,(H,17,22). The Labute approximate surface area is 126 Å². The summed E-state index contributed by atoms with van der Waals surface area (Å²) >= 11 is 0. The molecule has 1 aliphatic carbocycles. The number of nitrogens with one attached hydrogen (secondary N) is 1. The quantitative estimate of drug-likeness (QED) is 0.775. The van der Waals surface area contributed by atoms with Crippen molar-refractivity contribution in [3.63, 3.8) is 0 Å². The summed E-state index contributed by atoms with van der Waals surface area (Å²) in [4.78, 5) is 12.1. The zero-order valence-corrected chi connectivity index (χ0v) is 11.8. The number of hydrogen-bond acceptors (Lipinski definition) is 4. The molecule has 7 heteroatoms. The van der Waals surface area contributed by atoms with E-state index in [4.69, 9.17) is 0 Å². The highest BCUT2D eigenvalue weighted by molar-refractivity contribution is 5.94. The molecule has 3 N–H and O–H groups in total. The number of rotatable bonds is 5. The van der Waals surface area contributed by atoms with Crippen molar-refractivity contribution in [2.75, 3.05) is 13.2 Å². The summed E-state index contributed by atoms with van der Waals surface area (Å²) in [6, 6.07) is 5.94. The van der Waals surface area contributed by atoms with E-state index in [0.29, 0.717) is 6.54 Å². The molecule has 1 aliphatic rings. The normalized spacial score (nSPS) is 15.5. The molecule has 1 heterocycles. The lowest BCUT2D eigenvalue weighted by Gasteiger charge is -2.11. The average molecular weight is 305 g/mol. The molecule has 0 radical (unpaired) electrons. The molecule has 0 unspecified atom stereocenters. The summed E-state index contributed by atoms with van der Waals surface area (Å²) in [6.45, 7) is 0.345. The number of nitrogens with zero attached hydrogens (tertiary/aromatic N) is 2. The summed E-state index contributed by atoms with van der Waals surface area (Å²) in [5.41, 5.74) is -0.262. The number of carbonyl (C=O) groups excluding carboxylic acids is 1. The van der Waals surface area contributed by atoms with Gasteiger partial charge in [-0.1, -0.05) is 12.1 Å². The van der Waals surface area contributed by atoms with Crippen LogP contribution in [-0.4, -0.2) is 39.1 Å². The lowest BCUT2D eigenvalue weighted by atomic mass is 10.1. The highest BCUT2D eigenvalue weighted by Crippen LogP contribution is 2.44. The summed E-state index contributed by atoms with van der Waals surface area (Å²) < 4.78 is 14.8. The monoisotopic (exact) mass is 305 g/mol. The number of aliphatic hydroxyl groups is 1. The molecule has 1 fully saturated rings. The molecule has 116 valence electrons. The topological polar surface area (TPSA) is 87.4 Å². The van der Waals surface area contributed by atoms with Gasteiger partial charge in [-0.15, -0.1) is 0 Å². The van der Waals surface area contributed by atoms with Crippen LogP contribution < -0.4 is 5.32 Å². The number of carbonyl (C=O) groups is 1. The lowest BCUT2D eigenvalue weighted by Crippen LogP contribution is -2.32. The Balaban J connectivity index is 1.77. The van der Waals surface area contributed by atoms with Crippen LogP contribution in [0.1, 0.15) is 23.3 Å². The molecule has 2 aromatic rings. The Morgan fingerprint density at radius 3 is 2.77 bits per heavy atom. The molecule has 1 amide bonds. The van der Waals surface area contributed by atoms with Crippen molar-refractivity contribution < 1.29 is 19.4 Å². The number of aromatic hydroxyl groups is 1. The SMILES string of the molecule is O=C(NCC1(CO)CC1)c1nn(-c2ccccc2F)cc1O. The largest absolute Gasteiger partial charge is 0.504 e. The molecule has 1 aromatic heterocycles. The predicted molar refractivity (Wildman–Crippen MR) is 76.3 cm³/mol. The predicted octanol–water partition coefficient (Wildman–Crippen LogP) is 1.22. The van der Waals surface area contributed by atoms with Crippen molar-refractivity contribution in [2.24, 2.45) is 5.41 Å². The van der Waals surface area contributed by atoms with Gasteiger partial charge in [0.25, 0.3) is 5.91 Å². The number of amides is 1. The maximum atomic E-state index is 13.7. The molecular weight excluding hydrogens is 289 g/mol. The van der Waals surface area contributed by atoms with Crippen LogP contribution in [0.5, 0.6) is 5.75 Å². The molecular formula is C15H16FN3O3. The van der Waals surface area contributed by atoms with Gasteiger partial charge in [0.15, 0.2) is 11.4 Å². The van der Waals surface area contributed by atoms with E-state index in [1.165, 1.54) is 18.3 Å². The molecule has 0 bridgehead atoms. The van der Waals surface area contributed by atoms with Crippen molar-refractivity contribution in [2.45, 2.75) is 12.8 Å². The second-order valence-electron chi connectivity index (χ2n) is 5.60. The highest BCUT2D eigenvalue weighted by Gasteiger charge is 2.42. The van der Waals surface area contributed by atoms with Gasteiger partial charge in [0, 0.05) is 12.0 Å². The summed E-state index contributed by atoms with van der Waals surface area (Å²) in [5.74, 6) is -1.38. The van der Waals surface area contributed by atoms with Crippen molar-refractivity contribution in [1.29, 1.82) is 0 Å². The molecule has 0 saturated heterocycles. The molecule has 3 rings (SSSR count). The van der Waals surface area contributed by atoms with E-state index in [0.717, 1.165) is 17.5 Å². The van der Waals surface area contributed by atoms with E-state index in [9.17, 15) is 19.4 Å². The molecule has 22 heavy (non-hydrogen) atoms. The zero-order valence-electron chi connectivity index (χ0n) is 11.8. The Kier molecular flexibility index (Phi) is 3.58. The van der Waals surface area contributed by atoms with Gasteiger partial charge < -0.3 is 15.5 Å². The fraction of sp³-hybridized carbons (Fsp3) is 0.333. The third-order valence-electron chi connectivity index (χ3n) is 3.93. The second kappa shape index (κ2) is 5.42. The second-order valence-corrected chi connectivity index (χ2v) is 5.60. The fourth-order valence-electron chi connectivity index (χ4n) is 2.21. The molecule has 0 spiro atoms. The smallest absolute Gasteiger partial charge is 0.275 e. The molecule has 0 aliphatic heterocycles. The van der Waals surface area contributed by atoms with Gasteiger partial charge in [0.2, 0.25) is 0 Å². The number of para-hydroxylation sites is 1. The Morgan fingerprint density at radius 1 is 1.41 bits per heavy atom. The van der Waals surface area contributed by atoms with Crippen molar-refractivity contribution in [3.05, 3.63) is 42.0 Å². The summed E-state index contributed by atoms with van der Waals surface area (Å²) in [5, 5.41) is 25.6. The van der Waals surface area contributed by atoms with Crippen molar-refractivity contribution in [1.82, 2.24) is 15.1 Å². The first kappa shape index (κ1) is 14.5. The first-order chi connectivity index (χ1) is 10.5. The van der Waals surface area contributed by atoms with Crippen LogP contribution in [0.3, 0.4) is 0 Å². The summed E-state index contributed by atoms with van der Waals surface area (Å²) in [7, 11) is 0. The van der Waals surface area contributed by atoms with Crippen molar-refractivity contribution in [3.8, 4) is 11.4 Å². The van der Waals surface area contributed by atoms with E-state index < -0.39 is 11.7 Å². The van der Waals surface area contributed by atoms with Gasteiger partial charge in [-0.05, 0) is 25.0 Å². The minimum Gasteiger partial charge on any atom is -0.504 e. The molecule has 6 nitrogen and oxygen atoms in total. The average Bonchev–Trinajstić information content (AvgIpc) is 3.21. The van der Waals surface area contributed by atoms with Gasteiger partial charge >= 0.3 is 0 Å². The molecule has 0 atom stereocenters. The molecule has 1 saturated carbocycles. The first-order valence-electron chi connectivity index (χ1n) is 6.97. The third-order valence-corrected chi connectivity index (χ3v) is 3.93. The van der Waals surface area contributed by atoms with Gasteiger partial charge in [-0.3, -0.25) is 4.79 Å². The minimum absolute atomic E-state index is 0.0168. The maximum Gasteiger partial charge on any atom is 0.275 e. The van der Waals surface area contributed by atoms with Crippen LogP contribution in [0, 0.1) is 11.2 Å². The van der Waals surface area contributed by atoms with E-state index in [1.54, 1.807) is 12.1 Å². The Bertz CT molecular complexity index is 710. The van der Waals surface area contributed by atoms with E-state index >= 15 is 0 Å². The number of aliphatic hydroxyl groups excluding tert-OH is 1. The van der Waals surface area contributed by atoms with Gasteiger partial charge in [-0.25, -0.2) is 9.07 Å². The van der Waals surface area contributed by atoms with Crippen LogP contribution >= 0.6 is 0 Å². The van der Waals surface area contributed by atoms with E-state index in [2.05, 4.69) is 10.4 Å². The lowest BCUT2D eigenvalue weighted by molar-refractivity contribution is 0.0927. The zero-order chi connectivity index (χ0) is 15.7. The Morgan fingerprint density at radius 2 is 2.14 bits per heavy atom. The number of hydrogen-bond donors (Lipinski definition) is 3. The maximum absolute atomic E-state index is 13.7. The highest BCUT2D eigenvalue weighted by atomic mass is 19.1. The van der Waals surface area contributed by atoms with Crippen molar-refractivity contribution >= 4 is 5.91 Å². The van der Waals surface area contributed by atoms with Crippen LogP contribution in [0.25, 0.3) is 5.69 Å². The Hall–Kier alpha value is -2.41. The summed E-state index contributed by atoms with van der Waals surface area (Å²) in [6.07, 6.45) is 2.91. The van der Waals surface area contributed by atoms with Crippen LogP contribution in [0.15, 0.2) is 30.5 Å². The van der Waals surface area contributed by atoms with E-state index in [-0.39, 0.29) is 29.2 Å². The number of benzene rings is 1. The van der Waals surface area contributed by atoms with Gasteiger partial charge in [0.05, 0.1) is 12.8 Å². The van der Waals surface area contributed by atoms with Crippen LogP contribution in [0.4, 0.5) is 4.39 Å².